The quantitative estimate of drug-likeness (QED) is 0.842. The summed E-state index contributed by atoms with van der Waals surface area (Å²) in [6.45, 7) is 4.32. The van der Waals surface area contributed by atoms with Crippen LogP contribution < -0.4 is 4.90 Å². The molecule has 0 saturated carbocycles. The number of halogens is 1. The number of thiazole rings is 1. The number of rotatable bonds is 5. The van der Waals surface area contributed by atoms with Crippen LogP contribution in [0.3, 0.4) is 0 Å². The molecule has 1 amide bonds. The number of hydrogen-bond acceptors (Lipinski definition) is 5. The number of amides is 1. The highest BCUT2D eigenvalue weighted by Gasteiger charge is 2.24. The fourth-order valence-corrected chi connectivity index (χ4v) is 3.34. The molecule has 0 bridgehead atoms. The van der Waals surface area contributed by atoms with Crippen LogP contribution >= 0.6 is 35.6 Å². The summed E-state index contributed by atoms with van der Waals surface area (Å²) in [5, 5.41) is 1.78. The highest BCUT2D eigenvalue weighted by Crippen LogP contribution is 2.37. The van der Waals surface area contributed by atoms with E-state index in [0.717, 1.165) is 10.6 Å². The van der Waals surface area contributed by atoms with E-state index in [9.17, 15) is 4.79 Å². The Bertz CT molecular complexity index is 618. The normalized spacial score (nSPS) is 12.2. The molecular formula is C14H16ClN3OS2. The van der Waals surface area contributed by atoms with Gasteiger partial charge in [-0.3, -0.25) is 9.78 Å². The fourth-order valence-electron chi connectivity index (χ4n) is 1.82. The van der Waals surface area contributed by atoms with Gasteiger partial charge in [0.2, 0.25) is 5.91 Å². The van der Waals surface area contributed by atoms with Crippen LogP contribution in [0.5, 0.6) is 0 Å². The lowest BCUT2D eigenvalue weighted by Crippen LogP contribution is -2.35. The van der Waals surface area contributed by atoms with Crippen molar-refractivity contribution in [3.63, 3.8) is 0 Å². The third-order valence-electron chi connectivity index (χ3n) is 3.00. The van der Waals surface area contributed by atoms with E-state index in [4.69, 9.17) is 11.6 Å². The van der Waals surface area contributed by atoms with Gasteiger partial charge in [0.1, 0.15) is 10.0 Å². The summed E-state index contributed by atoms with van der Waals surface area (Å²) in [5.41, 5.74) is 0.890. The fraction of sp³-hybridized carbons (Fsp3) is 0.357. The Balaban J connectivity index is 2.35. The first-order valence-corrected chi connectivity index (χ1v) is 8.40. The summed E-state index contributed by atoms with van der Waals surface area (Å²) in [7, 11) is 0. The van der Waals surface area contributed by atoms with Gasteiger partial charge in [-0.15, -0.1) is 0 Å². The molecule has 2 aromatic heterocycles. The van der Waals surface area contributed by atoms with Crippen molar-refractivity contribution >= 4 is 46.5 Å². The van der Waals surface area contributed by atoms with E-state index in [1.807, 2.05) is 26.0 Å². The summed E-state index contributed by atoms with van der Waals surface area (Å²) in [6, 6.07) is 3.76. The van der Waals surface area contributed by atoms with E-state index in [-0.39, 0.29) is 11.8 Å². The molecule has 2 aromatic rings. The van der Waals surface area contributed by atoms with Gasteiger partial charge < -0.3 is 4.90 Å². The number of aromatic nitrogens is 2. The van der Waals surface area contributed by atoms with Gasteiger partial charge in [-0.25, -0.2) is 4.98 Å². The molecule has 2 rings (SSSR count). The smallest absolute Gasteiger partial charge is 0.231 e. The first-order chi connectivity index (χ1) is 10.1. The summed E-state index contributed by atoms with van der Waals surface area (Å²) in [6.07, 6.45) is 3.43. The number of carbonyl (C=O) groups excluding carboxylic acids is 1. The SMILES string of the molecule is CCN(C(=O)C(C)CS)c1sc(-c2cccnc2)nc1Cl. The molecule has 0 aliphatic rings. The van der Waals surface area contributed by atoms with Crippen molar-refractivity contribution < 1.29 is 4.79 Å². The lowest BCUT2D eigenvalue weighted by Gasteiger charge is -2.22. The molecule has 0 spiro atoms. The van der Waals surface area contributed by atoms with Crippen LogP contribution in [0, 0.1) is 5.92 Å². The summed E-state index contributed by atoms with van der Waals surface area (Å²) >= 11 is 11.8. The summed E-state index contributed by atoms with van der Waals surface area (Å²) < 4.78 is 0. The van der Waals surface area contributed by atoms with Crippen molar-refractivity contribution in [3.8, 4) is 10.6 Å². The van der Waals surface area contributed by atoms with E-state index in [2.05, 4.69) is 22.6 Å². The zero-order valence-corrected chi connectivity index (χ0v) is 14.3. The second-order valence-corrected chi connectivity index (χ2v) is 6.22. The predicted molar refractivity (Wildman–Crippen MR) is 91.4 cm³/mol. The van der Waals surface area contributed by atoms with E-state index in [1.165, 1.54) is 11.3 Å². The first-order valence-electron chi connectivity index (χ1n) is 6.57. The largest absolute Gasteiger partial charge is 0.301 e. The molecule has 2 heterocycles. The van der Waals surface area contributed by atoms with Crippen molar-refractivity contribution in [2.75, 3.05) is 17.2 Å². The number of carbonyl (C=O) groups is 1. The Morgan fingerprint density at radius 3 is 2.90 bits per heavy atom. The van der Waals surface area contributed by atoms with Crippen LogP contribution in [0.1, 0.15) is 13.8 Å². The summed E-state index contributed by atoms with van der Waals surface area (Å²) in [4.78, 5) is 22.5. The third-order valence-corrected chi connectivity index (χ3v) is 5.05. The van der Waals surface area contributed by atoms with Gasteiger partial charge >= 0.3 is 0 Å². The molecule has 112 valence electrons. The average molecular weight is 342 g/mol. The molecule has 0 aliphatic heterocycles. The molecule has 0 N–H and O–H groups in total. The Morgan fingerprint density at radius 2 is 2.33 bits per heavy atom. The zero-order chi connectivity index (χ0) is 15.4. The van der Waals surface area contributed by atoms with Crippen LogP contribution in [0.2, 0.25) is 5.15 Å². The highest BCUT2D eigenvalue weighted by atomic mass is 35.5. The minimum atomic E-state index is -0.159. The van der Waals surface area contributed by atoms with Gasteiger partial charge in [-0.2, -0.15) is 12.6 Å². The standard InChI is InChI=1S/C14H16ClN3OS2/c1-3-18(13(19)9(2)8-20)14-11(15)17-12(21-14)10-5-4-6-16-7-10/h4-7,9,20H,3,8H2,1-2H3. The van der Waals surface area contributed by atoms with Gasteiger partial charge in [0.25, 0.3) is 0 Å². The molecule has 1 atom stereocenters. The highest BCUT2D eigenvalue weighted by molar-refractivity contribution is 7.80. The lowest BCUT2D eigenvalue weighted by molar-refractivity contribution is -0.121. The van der Waals surface area contributed by atoms with E-state index in [0.29, 0.717) is 22.5 Å². The molecule has 21 heavy (non-hydrogen) atoms. The molecular weight excluding hydrogens is 326 g/mol. The second kappa shape index (κ2) is 7.24. The Hall–Kier alpha value is -1.11. The number of pyridine rings is 1. The molecule has 0 radical (unpaired) electrons. The Kier molecular flexibility index (Phi) is 5.61. The molecule has 0 aromatic carbocycles. The van der Waals surface area contributed by atoms with Crippen molar-refractivity contribution in [3.05, 3.63) is 29.7 Å². The van der Waals surface area contributed by atoms with Crippen molar-refractivity contribution in [1.29, 1.82) is 0 Å². The Morgan fingerprint density at radius 1 is 1.57 bits per heavy atom. The van der Waals surface area contributed by atoms with Gasteiger partial charge in [0.05, 0.1) is 0 Å². The summed E-state index contributed by atoms with van der Waals surface area (Å²) in [5.74, 6) is 0.352. The van der Waals surface area contributed by atoms with Gasteiger partial charge in [-0.1, -0.05) is 29.9 Å². The molecule has 7 heteroatoms. The molecule has 4 nitrogen and oxygen atoms in total. The predicted octanol–water partition coefficient (Wildman–Crippen LogP) is 3.78. The number of anilines is 1. The second-order valence-electron chi connectivity index (χ2n) is 4.52. The van der Waals surface area contributed by atoms with Crippen LogP contribution in [-0.4, -0.2) is 28.2 Å². The van der Waals surface area contributed by atoms with E-state index >= 15 is 0 Å². The number of thiol groups is 1. The van der Waals surface area contributed by atoms with Gasteiger partial charge in [-0.05, 0) is 19.1 Å². The van der Waals surface area contributed by atoms with Crippen LogP contribution in [-0.2, 0) is 4.79 Å². The average Bonchev–Trinajstić information content (AvgIpc) is 2.90. The van der Waals surface area contributed by atoms with Gasteiger partial charge in [0, 0.05) is 36.2 Å². The third kappa shape index (κ3) is 3.56. The van der Waals surface area contributed by atoms with Crippen molar-refractivity contribution in [2.24, 2.45) is 5.92 Å². The minimum absolute atomic E-state index is 0.00999. The molecule has 0 saturated heterocycles. The Labute approximate surface area is 138 Å². The maximum absolute atomic E-state index is 12.4. The van der Waals surface area contributed by atoms with E-state index in [1.54, 1.807) is 17.3 Å². The molecule has 1 unspecified atom stereocenters. The number of nitrogens with zero attached hydrogens (tertiary/aromatic N) is 3. The first kappa shape index (κ1) is 16.3. The molecule has 0 fully saturated rings. The molecule has 0 aliphatic carbocycles. The van der Waals surface area contributed by atoms with Crippen molar-refractivity contribution in [2.45, 2.75) is 13.8 Å². The van der Waals surface area contributed by atoms with Crippen molar-refractivity contribution in [1.82, 2.24) is 9.97 Å². The van der Waals surface area contributed by atoms with Crippen LogP contribution in [0.4, 0.5) is 5.00 Å². The number of hydrogen-bond donors (Lipinski definition) is 1. The maximum Gasteiger partial charge on any atom is 0.231 e. The monoisotopic (exact) mass is 341 g/mol. The lowest BCUT2D eigenvalue weighted by atomic mass is 10.2. The van der Waals surface area contributed by atoms with E-state index < -0.39 is 0 Å². The van der Waals surface area contributed by atoms with Crippen LogP contribution in [0.25, 0.3) is 10.6 Å². The topological polar surface area (TPSA) is 46.1 Å². The minimum Gasteiger partial charge on any atom is -0.301 e. The zero-order valence-electron chi connectivity index (χ0n) is 11.8. The maximum atomic E-state index is 12.4. The van der Waals surface area contributed by atoms with Gasteiger partial charge in [0.15, 0.2) is 5.15 Å². The van der Waals surface area contributed by atoms with Crippen LogP contribution in [0.15, 0.2) is 24.5 Å².